The van der Waals surface area contributed by atoms with Crippen LogP contribution in [0.25, 0.3) is 0 Å². The summed E-state index contributed by atoms with van der Waals surface area (Å²) in [6.45, 7) is 5.78. The van der Waals surface area contributed by atoms with E-state index in [1.165, 1.54) is 0 Å². The number of benzene rings is 1. The Labute approximate surface area is 132 Å². The quantitative estimate of drug-likeness (QED) is 0.768. The van der Waals surface area contributed by atoms with Gasteiger partial charge in [0.25, 0.3) is 0 Å². The maximum atomic E-state index is 12.2. The van der Waals surface area contributed by atoms with Crippen LogP contribution in [0.4, 0.5) is 0 Å². The van der Waals surface area contributed by atoms with Crippen molar-refractivity contribution in [2.24, 2.45) is 0 Å². The Morgan fingerprint density at radius 3 is 2.33 bits per heavy atom. The second kappa shape index (κ2) is 7.63. The van der Waals surface area contributed by atoms with E-state index in [9.17, 15) is 13.5 Å². The molecule has 0 heterocycles. The molecule has 1 atom stereocenters. The third-order valence-corrected chi connectivity index (χ3v) is 5.37. The average molecular weight is 332 g/mol. The molecule has 0 aliphatic heterocycles. The zero-order chi connectivity index (χ0) is 16.1. The van der Waals surface area contributed by atoms with Gasteiger partial charge in [-0.15, -0.1) is 0 Å². The van der Waals surface area contributed by atoms with Gasteiger partial charge < -0.3 is 5.11 Å². The first-order valence-corrected chi connectivity index (χ1v) is 9.86. The van der Waals surface area contributed by atoms with Gasteiger partial charge in [-0.3, -0.25) is 0 Å². The van der Waals surface area contributed by atoms with Crippen molar-refractivity contribution in [2.75, 3.05) is 18.6 Å². The van der Waals surface area contributed by atoms with E-state index in [0.717, 1.165) is 11.3 Å². The minimum atomic E-state index is -3.58. The summed E-state index contributed by atoms with van der Waals surface area (Å²) in [5.41, 5.74) is 0.0643. The number of sulfonamides is 1. The Balaban J connectivity index is 2.73. The van der Waals surface area contributed by atoms with E-state index in [1.54, 1.807) is 30.8 Å². The Morgan fingerprint density at radius 1 is 1.29 bits per heavy atom. The second-order valence-corrected chi connectivity index (χ2v) is 8.54. The lowest BCUT2D eigenvalue weighted by atomic mass is 10.0. The molecule has 0 saturated heterocycles. The summed E-state index contributed by atoms with van der Waals surface area (Å²) < 4.78 is 26.9. The highest BCUT2D eigenvalue weighted by molar-refractivity contribution is 7.98. The molecule has 1 rings (SSSR count). The molecule has 1 unspecified atom stereocenters. The fraction of sp³-hybridized carbons (Fsp3) is 0.600. The molecular weight excluding hydrogens is 306 g/mol. The van der Waals surface area contributed by atoms with Crippen LogP contribution >= 0.6 is 11.8 Å². The molecule has 0 spiro atoms. The highest BCUT2D eigenvalue weighted by Gasteiger charge is 2.23. The molecular formula is C15H25NO3S2. The molecule has 1 aromatic carbocycles. The zero-order valence-corrected chi connectivity index (χ0v) is 14.7. The number of aliphatic hydroxyl groups is 1. The van der Waals surface area contributed by atoms with Crippen molar-refractivity contribution in [3.05, 3.63) is 29.8 Å². The van der Waals surface area contributed by atoms with E-state index in [4.69, 9.17) is 0 Å². The van der Waals surface area contributed by atoms with Gasteiger partial charge in [0.15, 0.2) is 0 Å². The maximum Gasteiger partial charge on any atom is 0.240 e. The fourth-order valence-corrected chi connectivity index (χ4v) is 3.58. The summed E-state index contributed by atoms with van der Waals surface area (Å²) in [6.07, 6.45) is 2.50. The van der Waals surface area contributed by atoms with Crippen LogP contribution < -0.4 is 4.72 Å². The lowest BCUT2D eigenvalue weighted by Crippen LogP contribution is -2.41. The molecule has 4 nitrogen and oxygen atoms in total. The van der Waals surface area contributed by atoms with Gasteiger partial charge in [-0.25, -0.2) is 13.1 Å². The first kappa shape index (κ1) is 18.5. The van der Waals surface area contributed by atoms with Crippen LogP contribution in [0.15, 0.2) is 29.2 Å². The van der Waals surface area contributed by atoms with Gasteiger partial charge in [0.05, 0.1) is 10.5 Å². The van der Waals surface area contributed by atoms with E-state index in [2.05, 4.69) is 18.6 Å². The summed E-state index contributed by atoms with van der Waals surface area (Å²) in [5.74, 6) is 1.15. The Morgan fingerprint density at radius 2 is 1.86 bits per heavy atom. The van der Waals surface area contributed by atoms with Crippen LogP contribution in [-0.4, -0.2) is 37.7 Å². The maximum absolute atomic E-state index is 12.2. The standard InChI is InChI=1S/C15H25NO3S2/c1-12(2)13-5-7-14(8-6-13)21(18,19)16-11-15(3,17)9-10-20-4/h5-8,12,16-17H,9-11H2,1-4H3. The van der Waals surface area contributed by atoms with Crippen LogP contribution in [-0.2, 0) is 10.0 Å². The van der Waals surface area contributed by atoms with E-state index in [1.807, 2.05) is 18.4 Å². The van der Waals surface area contributed by atoms with Crippen molar-refractivity contribution >= 4 is 21.8 Å². The van der Waals surface area contributed by atoms with Crippen molar-refractivity contribution in [1.82, 2.24) is 4.72 Å². The third kappa shape index (κ3) is 5.98. The number of hydrogen-bond donors (Lipinski definition) is 2. The molecule has 0 aliphatic rings. The monoisotopic (exact) mass is 331 g/mol. The van der Waals surface area contributed by atoms with E-state index < -0.39 is 15.6 Å². The fourth-order valence-electron chi connectivity index (χ4n) is 1.78. The first-order valence-electron chi connectivity index (χ1n) is 6.99. The lowest BCUT2D eigenvalue weighted by molar-refractivity contribution is 0.0626. The van der Waals surface area contributed by atoms with Gasteiger partial charge >= 0.3 is 0 Å². The molecule has 0 bridgehead atoms. The summed E-state index contributed by atoms with van der Waals surface area (Å²) in [5, 5.41) is 10.1. The summed E-state index contributed by atoms with van der Waals surface area (Å²) in [7, 11) is -3.58. The average Bonchev–Trinajstić information content (AvgIpc) is 2.43. The minimum Gasteiger partial charge on any atom is -0.389 e. The van der Waals surface area contributed by atoms with Crippen molar-refractivity contribution in [3.8, 4) is 0 Å². The molecule has 0 aromatic heterocycles. The van der Waals surface area contributed by atoms with E-state index >= 15 is 0 Å². The molecule has 2 N–H and O–H groups in total. The second-order valence-electron chi connectivity index (χ2n) is 5.79. The highest BCUT2D eigenvalue weighted by atomic mass is 32.2. The van der Waals surface area contributed by atoms with Gasteiger partial charge in [0.2, 0.25) is 10.0 Å². The number of hydrogen-bond acceptors (Lipinski definition) is 4. The molecule has 0 fully saturated rings. The van der Waals surface area contributed by atoms with Gasteiger partial charge in [0, 0.05) is 6.54 Å². The van der Waals surface area contributed by atoms with Gasteiger partial charge in [-0.1, -0.05) is 26.0 Å². The minimum absolute atomic E-state index is 0.0157. The molecule has 1 aromatic rings. The lowest BCUT2D eigenvalue weighted by Gasteiger charge is -2.23. The third-order valence-electron chi connectivity index (χ3n) is 3.34. The van der Waals surface area contributed by atoms with Crippen molar-refractivity contribution in [2.45, 2.75) is 43.6 Å². The zero-order valence-electron chi connectivity index (χ0n) is 13.1. The molecule has 0 saturated carbocycles. The largest absolute Gasteiger partial charge is 0.389 e. The van der Waals surface area contributed by atoms with Crippen LogP contribution in [0.3, 0.4) is 0 Å². The highest BCUT2D eigenvalue weighted by Crippen LogP contribution is 2.18. The molecule has 0 aliphatic carbocycles. The first-order chi connectivity index (χ1) is 9.68. The molecule has 21 heavy (non-hydrogen) atoms. The summed E-state index contributed by atoms with van der Waals surface area (Å²) in [6, 6.07) is 6.86. The van der Waals surface area contributed by atoms with Crippen LogP contribution in [0, 0.1) is 0 Å². The van der Waals surface area contributed by atoms with E-state index in [-0.39, 0.29) is 11.4 Å². The SMILES string of the molecule is CSCCC(C)(O)CNS(=O)(=O)c1ccc(C(C)C)cc1. The smallest absolute Gasteiger partial charge is 0.240 e. The molecule has 6 heteroatoms. The Hall–Kier alpha value is -0.560. The molecule has 0 amide bonds. The Bertz CT molecular complexity index is 537. The normalized spacial score (nSPS) is 15.1. The van der Waals surface area contributed by atoms with Gasteiger partial charge in [0.1, 0.15) is 0 Å². The van der Waals surface area contributed by atoms with Gasteiger partial charge in [-0.2, -0.15) is 11.8 Å². The number of nitrogens with one attached hydrogen (secondary N) is 1. The van der Waals surface area contributed by atoms with Crippen LogP contribution in [0.2, 0.25) is 0 Å². The topological polar surface area (TPSA) is 66.4 Å². The number of rotatable bonds is 8. The Kier molecular flexibility index (Phi) is 6.71. The summed E-state index contributed by atoms with van der Waals surface area (Å²) in [4.78, 5) is 0.229. The van der Waals surface area contributed by atoms with Crippen molar-refractivity contribution < 1.29 is 13.5 Å². The molecule has 120 valence electrons. The predicted molar refractivity (Wildman–Crippen MR) is 89.3 cm³/mol. The van der Waals surface area contributed by atoms with E-state index in [0.29, 0.717) is 12.3 Å². The molecule has 0 radical (unpaired) electrons. The number of thioether (sulfide) groups is 1. The predicted octanol–water partition coefficient (Wildman–Crippen LogP) is 2.59. The van der Waals surface area contributed by atoms with Gasteiger partial charge in [-0.05, 0) is 49.0 Å². The van der Waals surface area contributed by atoms with Crippen LogP contribution in [0.1, 0.15) is 38.7 Å². The van der Waals surface area contributed by atoms with Crippen molar-refractivity contribution in [3.63, 3.8) is 0 Å². The van der Waals surface area contributed by atoms with Crippen LogP contribution in [0.5, 0.6) is 0 Å². The van der Waals surface area contributed by atoms with Crippen molar-refractivity contribution in [1.29, 1.82) is 0 Å². The summed E-state index contributed by atoms with van der Waals surface area (Å²) >= 11 is 1.63.